The molecule has 1 aromatic carbocycles. The summed E-state index contributed by atoms with van der Waals surface area (Å²) in [5.74, 6) is 0.910. The molecule has 0 fully saturated rings. The lowest BCUT2D eigenvalue weighted by molar-refractivity contribution is 0.948. The molecule has 20 heavy (non-hydrogen) atoms. The molecule has 0 amide bonds. The van der Waals surface area contributed by atoms with Crippen LogP contribution < -0.4 is 10.6 Å². The first kappa shape index (κ1) is 12.7. The highest BCUT2D eigenvalue weighted by Gasteiger charge is 2.16. The molecule has 0 bridgehead atoms. The van der Waals surface area contributed by atoms with Gasteiger partial charge in [0.15, 0.2) is 5.82 Å². The number of para-hydroxylation sites is 1. The molecule has 0 atom stereocenters. The number of rotatable bonds is 3. The highest BCUT2D eigenvalue weighted by atomic mass is 15.2. The number of nitrogens with two attached hydrogens (primary N) is 1. The molecule has 0 saturated carbocycles. The molecule has 0 aliphatic carbocycles. The first-order valence-corrected chi connectivity index (χ1v) is 6.67. The Hall–Kier alpha value is -2.33. The molecule has 102 valence electrons. The molecule has 2 heterocycles. The van der Waals surface area contributed by atoms with Gasteiger partial charge in [-0.15, -0.1) is 0 Å². The second kappa shape index (κ2) is 4.98. The molecular formula is C16H18N4. The van der Waals surface area contributed by atoms with Crippen LogP contribution in [-0.4, -0.2) is 16.4 Å². The summed E-state index contributed by atoms with van der Waals surface area (Å²) in [5, 5.41) is 0. The van der Waals surface area contributed by atoms with E-state index in [-0.39, 0.29) is 0 Å². The van der Waals surface area contributed by atoms with E-state index in [0.29, 0.717) is 6.54 Å². The standard InChI is InChI=1S/C16H18N4/c1-12-7-3-4-8-13(12)19(2)16-14(11-17)20-10-6-5-9-15(20)18-16/h3-10H,11,17H2,1-2H3. The Morgan fingerprint density at radius 2 is 1.90 bits per heavy atom. The van der Waals surface area contributed by atoms with Crippen molar-refractivity contribution in [1.82, 2.24) is 9.38 Å². The Labute approximate surface area is 118 Å². The molecule has 0 saturated heterocycles. The Morgan fingerprint density at radius 1 is 1.15 bits per heavy atom. The van der Waals surface area contributed by atoms with E-state index >= 15 is 0 Å². The Bertz CT molecular complexity index is 745. The summed E-state index contributed by atoms with van der Waals surface area (Å²) in [5.41, 5.74) is 10.2. The van der Waals surface area contributed by atoms with E-state index < -0.39 is 0 Å². The highest BCUT2D eigenvalue weighted by Crippen LogP contribution is 2.29. The largest absolute Gasteiger partial charge is 0.328 e. The van der Waals surface area contributed by atoms with Crippen molar-refractivity contribution in [3.8, 4) is 0 Å². The van der Waals surface area contributed by atoms with Crippen LogP contribution in [0.2, 0.25) is 0 Å². The van der Waals surface area contributed by atoms with E-state index in [1.165, 1.54) is 5.56 Å². The summed E-state index contributed by atoms with van der Waals surface area (Å²) in [4.78, 5) is 6.81. The summed E-state index contributed by atoms with van der Waals surface area (Å²) >= 11 is 0. The van der Waals surface area contributed by atoms with Crippen molar-refractivity contribution in [2.45, 2.75) is 13.5 Å². The van der Waals surface area contributed by atoms with Gasteiger partial charge in [0.25, 0.3) is 0 Å². The molecular weight excluding hydrogens is 248 g/mol. The smallest absolute Gasteiger partial charge is 0.156 e. The summed E-state index contributed by atoms with van der Waals surface area (Å²) in [6, 6.07) is 14.3. The molecule has 0 radical (unpaired) electrons. The molecule has 0 unspecified atom stereocenters. The third-order valence-electron chi connectivity index (χ3n) is 3.60. The Morgan fingerprint density at radius 3 is 2.65 bits per heavy atom. The van der Waals surface area contributed by atoms with Crippen LogP contribution in [0.15, 0.2) is 48.7 Å². The van der Waals surface area contributed by atoms with Crippen LogP contribution in [0, 0.1) is 6.92 Å². The Kier molecular flexibility index (Phi) is 3.16. The van der Waals surface area contributed by atoms with Crippen molar-refractivity contribution in [3.05, 3.63) is 59.9 Å². The minimum Gasteiger partial charge on any atom is -0.328 e. The lowest BCUT2D eigenvalue weighted by Gasteiger charge is -2.20. The van der Waals surface area contributed by atoms with Gasteiger partial charge in [-0.3, -0.25) is 0 Å². The van der Waals surface area contributed by atoms with Crippen LogP contribution in [0.5, 0.6) is 0 Å². The van der Waals surface area contributed by atoms with Crippen LogP contribution in [0.3, 0.4) is 0 Å². The van der Waals surface area contributed by atoms with Crippen molar-refractivity contribution in [1.29, 1.82) is 0 Å². The Balaban J connectivity index is 2.17. The normalized spacial score (nSPS) is 10.9. The quantitative estimate of drug-likeness (QED) is 0.793. The highest BCUT2D eigenvalue weighted by molar-refractivity contribution is 5.67. The van der Waals surface area contributed by atoms with Gasteiger partial charge in [0.2, 0.25) is 0 Å². The fourth-order valence-corrected chi connectivity index (χ4v) is 2.55. The third kappa shape index (κ3) is 1.94. The van der Waals surface area contributed by atoms with Gasteiger partial charge in [0.1, 0.15) is 5.65 Å². The zero-order valence-electron chi connectivity index (χ0n) is 11.7. The van der Waals surface area contributed by atoms with Crippen molar-refractivity contribution >= 4 is 17.2 Å². The lowest BCUT2D eigenvalue weighted by Crippen LogP contribution is -2.15. The maximum atomic E-state index is 5.93. The number of hydrogen-bond acceptors (Lipinski definition) is 3. The van der Waals surface area contributed by atoms with E-state index in [2.05, 4.69) is 24.0 Å². The van der Waals surface area contributed by atoms with Crippen molar-refractivity contribution in [3.63, 3.8) is 0 Å². The summed E-state index contributed by atoms with van der Waals surface area (Å²) in [6.45, 7) is 2.56. The molecule has 3 rings (SSSR count). The number of anilines is 2. The molecule has 0 spiro atoms. The number of hydrogen-bond donors (Lipinski definition) is 1. The van der Waals surface area contributed by atoms with Crippen molar-refractivity contribution in [2.24, 2.45) is 5.73 Å². The molecule has 2 N–H and O–H groups in total. The molecule has 4 nitrogen and oxygen atoms in total. The number of fused-ring (bicyclic) bond motifs is 1. The maximum Gasteiger partial charge on any atom is 0.156 e. The molecule has 0 aliphatic rings. The summed E-state index contributed by atoms with van der Waals surface area (Å²) in [7, 11) is 2.03. The van der Waals surface area contributed by atoms with Gasteiger partial charge in [-0.1, -0.05) is 24.3 Å². The molecule has 0 aliphatic heterocycles. The van der Waals surface area contributed by atoms with Gasteiger partial charge in [0, 0.05) is 25.5 Å². The van der Waals surface area contributed by atoms with Crippen LogP contribution in [0.4, 0.5) is 11.5 Å². The predicted molar refractivity (Wildman–Crippen MR) is 82.3 cm³/mol. The number of benzene rings is 1. The van der Waals surface area contributed by atoms with E-state index in [4.69, 9.17) is 10.7 Å². The van der Waals surface area contributed by atoms with E-state index in [0.717, 1.165) is 22.8 Å². The van der Waals surface area contributed by atoms with Gasteiger partial charge in [-0.25, -0.2) is 4.98 Å². The monoisotopic (exact) mass is 266 g/mol. The number of nitrogens with zero attached hydrogens (tertiary/aromatic N) is 3. The third-order valence-corrected chi connectivity index (χ3v) is 3.60. The van der Waals surface area contributed by atoms with E-state index in [1.54, 1.807) is 0 Å². The van der Waals surface area contributed by atoms with Crippen molar-refractivity contribution < 1.29 is 0 Å². The average Bonchev–Trinajstić information content (AvgIpc) is 2.85. The zero-order valence-corrected chi connectivity index (χ0v) is 11.7. The zero-order chi connectivity index (χ0) is 14.1. The molecule has 4 heteroatoms. The van der Waals surface area contributed by atoms with E-state index in [1.807, 2.05) is 48.0 Å². The first-order valence-electron chi connectivity index (χ1n) is 6.67. The van der Waals surface area contributed by atoms with Crippen molar-refractivity contribution in [2.75, 3.05) is 11.9 Å². The molecule has 3 aromatic rings. The minimum atomic E-state index is 0.455. The van der Waals surface area contributed by atoms with Gasteiger partial charge < -0.3 is 15.0 Å². The predicted octanol–water partition coefficient (Wildman–Crippen LogP) is 2.87. The second-order valence-corrected chi connectivity index (χ2v) is 4.86. The minimum absolute atomic E-state index is 0.455. The average molecular weight is 266 g/mol. The fraction of sp³-hybridized carbons (Fsp3) is 0.188. The lowest BCUT2D eigenvalue weighted by atomic mass is 10.2. The SMILES string of the molecule is Cc1ccccc1N(C)c1nc2ccccn2c1CN. The molecule has 2 aromatic heterocycles. The van der Waals surface area contributed by atoms with Gasteiger partial charge in [-0.2, -0.15) is 0 Å². The van der Waals surface area contributed by atoms with E-state index in [9.17, 15) is 0 Å². The second-order valence-electron chi connectivity index (χ2n) is 4.86. The van der Waals surface area contributed by atoms with Crippen LogP contribution in [-0.2, 0) is 6.54 Å². The van der Waals surface area contributed by atoms with Gasteiger partial charge >= 0.3 is 0 Å². The summed E-state index contributed by atoms with van der Waals surface area (Å²) in [6.07, 6.45) is 2.00. The summed E-state index contributed by atoms with van der Waals surface area (Å²) < 4.78 is 2.05. The van der Waals surface area contributed by atoms with Crippen LogP contribution in [0.1, 0.15) is 11.3 Å². The van der Waals surface area contributed by atoms with Crippen LogP contribution in [0.25, 0.3) is 5.65 Å². The number of aryl methyl sites for hydroxylation is 1. The number of pyridine rings is 1. The maximum absolute atomic E-state index is 5.93. The number of imidazole rings is 1. The van der Waals surface area contributed by atoms with Gasteiger partial charge in [-0.05, 0) is 30.7 Å². The fourth-order valence-electron chi connectivity index (χ4n) is 2.55. The van der Waals surface area contributed by atoms with Gasteiger partial charge in [0.05, 0.1) is 5.69 Å². The number of aromatic nitrogens is 2. The first-order chi connectivity index (χ1) is 9.72. The topological polar surface area (TPSA) is 46.6 Å². The van der Waals surface area contributed by atoms with Crippen LogP contribution >= 0.6 is 0 Å².